The second-order valence-electron chi connectivity index (χ2n) is 5.82. The van der Waals surface area contributed by atoms with E-state index in [9.17, 15) is 9.59 Å². The zero-order chi connectivity index (χ0) is 15.8. The van der Waals surface area contributed by atoms with E-state index in [-0.39, 0.29) is 29.8 Å². The number of nitrogens with zero attached hydrogens (tertiary/aromatic N) is 1. The molecule has 0 aromatic carbocycles. The van der Waals surface area contributed by atoms with Gasteiger partial charge in [-0.25, -0.2) is 0 Å². The van der Waals surface area contributed by atoms with Crippen molar-refractivity contribution in [3.63, 3.8) is 0 Å². The third kappa shape index (κ3) is 4.70. The van der Waals surface area contributed by atoms with Gasteiger partial charge in [0.1, 0.15) is 12.1 Å². The van der Waals surface area contributed by atoms with Crippen LogP contribution in [0.25, 0.3) is 0 Å². The molecular formula is C16H30N2O3. The molecule has 0 radical (unpaired) electrons. The molecule has 0 bridgehead atoms. The molecule has 0 aromatic heterocycles. The summed E-state index contributed by atoms with van der Waals surface area (Å²) in [4.78, 5) is 26.7. The highest BCUT2D eigenvalue weighted by Gasteiger charge is 2.41. The topological polar surface area (TPSA) is 58.6 Å². The Balaban J connectivity index is 2.79. The lowest BCUT2D eigenvalue weighted by Crippen LogP contribution is -2.65. The zero-order valence-electron chi connectivity index (χ0n) is 13.9. The van der Waals surface area contributed by atoms with E-state index in [4.69, 9.17) is 4.74 Å². The molecule has 1 saturated heterocycles. The molecule has 0 saturated carbocycles. The average Bonchev–Trinajstić information content (AvgIpc) is 2.47. The fraction of sp³-hybridized carbons (Fsp3) is 0.875. The summed E-state index contributed by atoms with van der Waals surface area (Å²) in [5.41, 5.74) is 0. The van der Waals surface area contributed by atoms with Gasteiger partial charge in [-0.1, -0.05) is 40.5 Å². The van der Waals surface area contributed by atoms with Crippen LogP contribution in [0.15, 0.2) is 0 Å². The van der Waals surface area contributed by atoms with Gasteiger partial charge in [0.2, 0.25) is 11.8 Å². The van der Waals surface area contributed by atoms with Crippen molar-refractivity contribution in [3.05, 3.63) is 0 Å². The second-order valence-corrected chi connectivity index (χ2v) is 5.82. The first-order valence-corrected chi connectivity index (χ1v) is 8.25. The first kappa shape index (κ1) is 18.0. The van der Waals surface area contributed by atoms with Crippen molar-refractivity contribution in [1.29, 1.82) is 0 Å². The minimum atomic E-state index is -0.367. The molecule has 1 aliphatic rings. The molecule has 5 heteroatoms. The Morgan fingerprint density at radius 3 is 2.48 bits per heavy atom. The van der Waals surface area contributed by atoms with Crippen molar-refractivity contribution in [1.82, 2.24) is 10.2 Å². The standard InChI is InChI=1S/C16H30N2O3/c1-5-8-13-16(20)18(9-11-21-10-6-2)14(12(4)7-3)15(19)17-13/h12-14H,5-11H2,1-4H3,(H,17,19). The van der Waals surface area contributed by atoms with Gasteiger partial charge in [-0.15, -0.1) is 0 Å². The maximum atomic E-state index is 12.6. The van der Waals surface area contributed by atoms with Gasteiger partial charge in [0.25, 0.3) is 0 Å². The average molecular weight is 298 g/mol. The number of carbonyl (C=O) groups excluding carboxylic acids is 2. The number of nitrogens with one attached hydrogen (secondary N) is 1. The summed E-state index contributed by atoms with van der Waals surface area (Å²) in [6.07, 6.45) is 3.41. The van der Waals surface area contributed by atoms with Crippen molar-refractivity contribution in [3.8, 4) is 0 Å². The molecule has 1 N–H and O–H groups in total. The summed E-state index contributed by atoms with van der Waals surface area (Å²) >= 11 is 0. The first-order chi connectivity index (χ1) is 10.1. The lowest BCUT2D eigenvalue weighted by Gasteiger charge is -2.41. The molecule has 3 unspecified atom stereocenters. The van der Waals surface area contributed by atoms with Crippen LogP contribution in [-0.2, 0) is 14.3 Å². The number of rotatable bonds is 9. The normalized spacial score (nSPS) is 24.1. The summed E-state index contributed by atoms with van der Waals surface area (Å²) in [6.45, 7) is 9.85. The minimum absolute atomic E-state index is 0.0158. The molecule has 2 amide bonds. The van der Waals surface area contributed by atoms with E-state index in [1.807, 2.05) is 20.8 Å². The van der Waals surface area contributed by atoms with Crippen LogP contribution < -0.4 is 5.32 Å². The number of hydrogen-bond acceptors (Lipinski definition) is 3. The van der Waals surface area contributed by atoms with Gasteiger partial charge in [-0.05, 0) is 18.8 Å². The van der Waals surface area contributed by atoms with Gasteiger partial charge >= 0.3 is 0 Å². The SMILES string of the molecule is CCCOCCN1C(=O)C(CCC)NC(=O)C1C(C)CC. The van der Waals surface area contributed by atoms with E-state index in [1.54, 1.807) is 4.90 Å². The molecule has 21 heavy (non-hydrogen) atoms. The van der Waals surface area contributed by atoms with Gasteiger partial charge in [0, 0.05) is 13.2 Å². The number of amides is 2. The Labute approximate surface area is 128 Å². The van der Waals surface area contributed by atoms with Crippen LogP contribution in [0.1, 0.15) is 53.4 Å². The van der Waals surface area contributed by atoms with Crippen molar-refractivity contribution < 1.29 is 14.3 Å². The Bertz CT molecular complexity index is 346. The zero-order valence-corrected chi connectivity index (χ0v) is 13.9. The van der Waals surface area contributed by atoms with Crippen LogP contribution in [-0.4, -0.2) is 48.6 Å². The monoisotopic (exact) mass is 298 g/mol. The molecule has 0 spiro atoms. The van der Waals surface area contributed by atoms with Crippen LogP contribution in [0.3, 0.4) is 0 Å². The van der Waals surface area contributed by atoms with E-state index in [1.165, 1.54) is 0 Å². The molecule has 3 atom stereocenters. The van der Waals surface area contributed by atoms with Crippen molar-refractivity contribution in [2.45, 2.75) is 65.5 Å². The highest BCUT2D eigenvalue weighted by atomic mass is 16.5. The highest BCUT2D eigenvalue weighted by molar-refractivity contribution is 5.97. The van der Waals surface area contributed by atoms with E-state index < -0.39 is 0 Å². The molecule has 5 nitrogen and oxygen atoms in total. The van der Waals surface area contributed by atoms with Crippen molar-refractivity contribution in [2.75, 3.05) is 19.8 Å². The Morgan fingerprint density at radius 2 is 1.90 bits per heavy atom. The van der Waals surface area contributed by atoms with Gasteiger partial charge < -0.3 is 15.0 Å². The quantitative estimate of drug-likeness (QED) is 0.662. The van der Waals surface area contributed by atoms with Gasteiger partial charge in [-0.3, -0.25) is 9.59 Å². The molecule has 1 fully saturated rings. The maximum absolute atomic E-state index is 12.6. The van der Waals surface area contributed by atoms with Crippen LogP contribution in [0.5, 0.6) is 0 Å². The molecule has 0 aromatic rings. The van der Waals surface area contributed by atoms with Gasteiger partial charge in [0.15, 0.2) is 0 Å². The molecule has 1 heterocycles. The summed E-state index contributed by atoms with van der Waals surface area (Å²) in [5, 5.41) is 2.89. The van der Waals surface area contributed by atoms with Crippen LogP contribution in [0, 0.1) is 5.92 Å². The summed E-state index contributed by atoms with van der Waals surface area (Å²) < 4.78 is 5.50. The predicted octanol–water partition coefficient (Wildman–Crippen LogP) is 1.95. The number of hydrogen-bond donors (Lipinski definition) is 1. The summed E-state index contributed by atoms with van der Waals surface area (Å²) in [6, 6.07) is -0.727. The first-order valence-electron chi connectivity index (χ1n) is 8.25. The molecule has 1 rings (SSSR count). The fourth-order valence-corrected chi connectivity index (χ4v) is 2.73. The van der Waals surface area contributed by atoms with E-state index in [2.05, 4.69) is 12.2 Å². The number of carbonyl (C=O) groups is 2. The minimum Gasteiger partial charge on any atom is -0.380 e. The third-order valence-corrected chi connectivity index (χ3v) is 4.09. The Morgan fingerprint density at radius 1 is 1.19 bits per heavy atom. The lowest BCUT2D eigenvalue weighted by atomic mass is 9.92. The molecule has 0 aliphatic carbocycles. The maximum Gasteiger partial charge on any atom is 0.245 e. The third-order valence-electron chi connectivity index (χ3n) is 4.09. The van der Waals surface area contributed by atoms with Crippen molar-refractivity contribution >= 4 is 11.8 Å². The molecule has 122 valence electrons. The molecular weight excluding hydrogens is 268 g/mol. The summed E-state index contributed by atoms with van der Waals surface area (Å²) in [5.74, 6) is 0.183. The number of ether oxygens (including phenoxy) is 1. The summed E-state index contributed by atoms with van der Waals surface area (Å²) in [7, 11) is 0. The van der Waals surface area contributed by atoms with Crippen LogP contribution in [0.2, 0.25) is 0 Å². The number of piperazine rings is 1. The molecule has 1 aliphatic heterocycles. The highest BCUT2D eigenvalue weighted by Crippen LogP contribution is 2.21. The largest absolute Gasteiger partial charge is 0.380 e. The van der Waals surface area contributed by atoms with Gasteiger partial charge in [-0.2, -0.15) is 0 Å². The predicted molar refractivity (Wildman–Crippen MR) is 82.9 cm³/mol. The van der Waals surface area contributed by atoms with Crippen molar-refractivity contribution in [2.24, 2.45) is 5.92 Å². The van der Waals surface area contributed by atoms with E-state index >= 15 is 0 Å². The lowest BCUT2D eigenvalue weighted by molar-refractivity contribution is -0.152. The Hall–Kier alpha value is -1.10. The Kier molecular flexibility index (Phi) is 7.72. The smallest absolute Gasteiger partial charge is 0.245 e. The van der Waals surface area contributed by atoms with Gasteiger partial charge in [0.05, 0.1) is 6.61 Å². The second kappa shape index (κ2) is 9.03. The van der Waals surface area contributed by atoms with Crippen LogP contribution in [0.4, 0.5) is 0 Å². The van der Waals surface area contributed by atoms with E-state index in [0.717, 1.165) is 19.3 Å². The fourth-order valence-electron chi connectivity index (χ4n) is 2.73. The van der Waals surface area contributed by atoms with E-state index in [0.29, 0.717) is 26.2 Å². The van der Waals surface area contributed by atoms with Crippen LogP contribution >= 0.6 is 0 Å².